The van der Waals surface area contributed by atoms with Gasteiger partial charge in [0.15, 0.2) is 0 Å². The van der Waals surface area contributed by atoms with Gasteiger partial charge in [-0.2, -0.15) is 0 Å². The molecule has 0 aliphatic heterocycles. The van der Waals surface area contributed by atoms with E-state index in [0.717, 1.165) is 29.4 Å². The number of carbonyl (C=O) groups is 1. The second-order valence-corrected chi connectivity index (χ2v) is 7.46. The van der Waals surface area contributed by atoms with Crippen LogP contribution in [0.1, 0.15) is 24.5 Å². The molecule has 0 spiro atoms. The zero-order valence-electron chi connectivity index (χ0n) is 18.5. The lowest BCUT2D eigenvalue weighted by Gasteiger charge is -2.16. The van der Waals surface area contributed by atoms with E-state index >= 15 is 0 Å². The van der Waals surface area contributed by atoms with Gasteiger partial charge in [0, 0.05) is 12.7 Å². The fourth-order valence-corrected chi connectivity index (χ4v) is 3.66. The maximum Gasteiger partial charge on any atom is 0.330 e. The Bertz CT molecular complexity index is 1040. The summed E-state index contributed by atoms with van der Waals surface area (Å²) < 4.78 is 11.0. The highest BCUT2D eigenvalue weighted by atomic mass is 16.6. The number of ether oxygens (including phenoxy) is 2. The lowest BCUT2D eigenvalue weighted by Crippen LogP contribution is -2.11. The smallest absolute Gasteiger partial charge is 0.330 e. The van der Waals surface area contributed by atoms with Gasteiger partial charge in [0.05, 0.1) is 0 Å². The second-order valence-electron chi connectivity index (χ2n) is 7.46. The number of hydrogen-bond acceptors (Lipinski definition) is 4. The van der Waals surface area contributed by atoms with Crippen LogP contribution in [-0.2, 0) is 22.4 Å². The van der Waals surface area contributed by atoms with E-state index in [1.807, 2.05) is 12.1 Å². The molecule has 3 aromatic rings. The third kappa shape index (κ3) is 6.08. The van der Waals surface area contributed by atoms with Crippen molar-refractivity contribution in [2.45, 2.75) is 26.2 Å². The average Bonchev–Trinajstić information content (AvgIpc) is 2.85. The molecule has 0 aliphatic carbocycles. The number of carbonyl (C=O) groups excluding carboxylic acids is 1. The third-order valence-electron chi connectivity index (χ3n) is 5.33. The molecular formula is C28H30O4. The van der Waals surface area contributed by atoms with Crippen molar-refractivity contribution in [3.05, 3.63) is 90.5 Å². The van der Waals surface area contributed by atoms with Gasteiger partial charge in [-0.15, -0.1) is 0 Å². The van der Waals surface area contributed by atoms with E-state index in [4.69, 9.17) is 9.47 Å². The van der Waals surface area contributed by atoms with Crippen LogP contribution < -0.4 is 4.74 Å². The normalized spacial score (nSPS) is 10.6. The summed E-state index contributed by atoms with van der Waals surface area (Å²) in [6.45, 7) is 6.08. The topological polar surface area (TPSA) is 55.8 Å². The molecule has 32 heavy (non-hydrogen) atoms. The number of aryl methyl sites for hydroxylation is 2. The largest absolute Gasteiger partial charge is 0.490 e. The van der Waals surface area contributed by atoms with Crippen molar-refractivity contribution in [2.24, 2.45) is 0 Å². The third-order valence-corrected chi connectivity index (χ3v) is 5.33. The van der Waals surface area contributed by atoms with E-state index in [1.165, 1.54) is 22.3 Å². The van der Waals surface area contributed by atoms with Crippen LogP contribution in [0.3, 0.4) is 0 Å². The van der Waals surface area contributed by atoms with E-state index in [9.17, 15) is 9.90 Å². The van der Waals surface area contributed by atoms with E-state index in [2.05, 4.69) is 68.1 Å². The number of rotatable bonds is 11. The van der Waals surface area contributed by atoms with Gasteiger partial charge >= 0.3 is 5.97 Å². The minimum atomic E-state index is -0.464. The molecule has 0 unspecified atom stereocenters. The lowest BCUT2D eigenvalue weighted by atomic mass is 9.92. The molecule has 0 fully saturated rings. The van der Waals surface area contributed by atoms with Crippen LogP contribution in [0, 0.1) is 0 Å². The van der Waals surface area contributed by atoms with E-state index < -0.39 is 5.97 Å². The first-order valence-corrected chi connectivity index (χ1v) is 11.0. The Morgan fingerprint density at radius 2 is 1.72 bits per heavy atom. The van der Waals surface area contributed by atoms with Gasteiger partial charge in [0.1, 0.15) is 19.0 Å². The van der Waals surface area contributed by atoms with E-state index in [0.29, 0.717) is 12.8 Å². The summed E-state index contributed by atoms with van der Waals surface area (Å²) in [5, 5.41) is 9.23. The minimum Gasteiger partial charge on any atom is -0.490 e. The first-order chi connectivity index (χ1) is 15.7. The highest BCUT2D eigenvalue weighted by molar-refractivity contribution is 5.81. The molecule has 0 atom stereocenters. The van der Waals surface area contributed by atoms with Gasteiger partial charge in [0.25, 0.3) is 0 Å². The van der Waals surface area contributed by atoms with Crippen LogP contribution in [0.5, 0.6) is 5.75 Å². The summed E-state index contributed by atoms with van der Waals surface area (Å²) in [7, 11) is 0. The highest BCUT2D eigenvalue weighted by Gasteiger charge is 2.11. The molecule has 0 aromatic heterocycles. The Morgan fingerprint density at radius 1 is 0.938 bits per heavy atom. The molecule has 0 saturated heterocycles. The number of aliphatic hydroxyl groups excluding tert-OH is 1. The Kier molecular flexibility index (Phi) is 8.64. The predicted molar refractivity (Wildman–Crippen MR) is 129 cm³/mol. The Hall–Kier alpha value is -3.37. The van der Waals surface area contributed by atoms with Crippen molar-refractivity contribution in [1.29, 1.82) is 0 Å². The molecule has 0 amide bonds. The van der Waals surface area contributed by atoms with Crippen molar-refractivity contribution in [3.8, 4) is 28.0 Å². The van der Waals surface area contributed by atoms with Crippen molar-refractivity contribution >= 4 is 5.97 Å². The van der Waals surface area contributed by atoms with Crippen LogP contribution >= 0.6 is 0 Å². The molecule has 3 rings (SSSR count). The van der Waals surface area contributed by atoms with Gasteiger partial charge in [-0.3, -0.25) is 0 Å². The standard InChI is InChI=1S/C28H30O4/c1-3-21-19-24(22-9-6-5-7-10-22)14-15-26(21)25-13-12-23(11-8-16-29)27(20-25)31-17-18-32-28(30)4-2/h4-7,9-10,12-15,19-20,29H,2-3,8,11,16-18H2,1H3. The molecule has 0 aliphatic rings. The van der Waals surface area contributed by atoms with Crippen molar-refractivity contribution in [1.82, 2.24) is 0 Å². The van der Waals surface area contributed by atoms with Gasteiger partial charge in [-0.05, 0) is 58.7 Å². The van der Waals surface area contributed by atoms with Gasteiger partial charge in [-0.25, -0.2) is 4.79 Å². The van der Waals surface area contributed by atoms with Crippen LogP contribution in [0.4, 0.5) is 0 Å². The highest BCUT2D eigenvalue weighted by Crippen LogP contribution is 2.33. The minimum absolute atomic E-state index is 0.124. The summed E-state index contributed by atoms with van der Waals surface area (Å²) in [4.78, 5) is 11.2. The monoisotopic (exact) mass is 430 g/mol. The molecule has 4 nitrogen and oxygen atoms in total. The SMILES string of the molecule is C=CC(=O)OCCOc1cc(-c2ccc(-c3ccccc3)cc2CC)ccc1CCCO. The maximum atomic E-state index is 11.2. The van der Waals surface area contributed by atoms with Gasteiger partial charge in [-0.1, -0.05) is 74.2 Å². The summed E-state index contributed by atoms with van der Waals surface area (Å²) in [6, 6.07) is 23.1. The average molecular weight is 431 g/mol. The van der Waals surface area contributed by atoms with Crippen LogP contribution in [-0.4, -0.2) is 30.9 Å². The molecule has 4 heteroatoms. The fourth-order valence-electron chi connectivity index (χ4n) is 3.66. The molecular weight excluding hydrogens is 400 g/mol. The molecule has 0 radical (unpaired) electrons. The molecule has 0 bridgehead atoms. The Balaban J connectivity index is 1.87. The molecule has 0 heterocycles. The van der Waals surface area contributed by atoms with Crippen molar-refractivity contribution in [3.63, 3.8) is 0 Å². The number of benzene rings is 3. The first-order valence-electron chi connectivity index (χ1n) is 11.0. The van der Waals surface area contributed by atoms with Gasteiger partial charge < -0.3 is 14.6 Å². The number of hydrogen-bond donors (Lipinski definition) is 1. The van der Waals surface area contributed by atoms with Gasteiger partial charge in [0.2, 0.25) is 0 Å². The fraction of sp³-hybridized carbons (Fsp3) is 0.250. The summed E-state index contributed by atoms with van der Waals surface area (Å²) in [6.07, 6.45) is 3.42. The molecule has 1 N–H and O–H groups in total. The Morgan fingerprint density at radius 3 is 2.44 bits per heavy atom. The summed E-state index contributed by atoms with van der Waals surface area (Å²) >= 11 is 0. The number of esters is 1. The van der Waals surface area contributed by atoms with Crippen molar-refractivity contribution in [2.75, 3.05) is 19.8 Å². The predicted octanol–water partition coefficient (Wildman–Crippen LogP) is 5.62. The lowest BCUT2D eigenvalue weighted by molar-refractivity contribution is -0.138. The van der Waals surface area contributed by atoms with Crippen LogP contribution in [0.15, 0.2) is 79.4 Å². The van der Waals surface area contributed by atoms with Crippen LogP contribution in [0.2, 0.25) is 0 Å². The molecule has 0 saturated carbocycles. The Labute approximate surface area is 190 Å². The first kappa shape index (κ1) is 23.3. The molecule has 3 aromatic carbocycles. The second kappa shape index (κ2) is 11.9. The zero-order chi connectivity index (χ0) is 22.8. The summed E-state index contributed by atoms with van der Waals surface area (Å²) in [5.41, 5.74) is 6.94. The molecule has 166 valence electrons. The quantitative estimate of drug-likeness (QED) is 0.244. The zero-order valence-corrected chi connectivity index (χ0v) is 18.5. The summed E-state index contributed by atoms with van der Waals surface area (Å²) in [5.74, 6) is 0.286. The van der Waals surface area contributed by atoms with Crippen LogP contribution in [0.25, 0.3) is 22.3 Å². The number of aliphatic hydroxyl groups is 1. The van der Waals surface area contributed by atoms with Crippen molar-refractivity contribution < 1.29 is 19.4 Å². The van der Waals surface area contributed by atoms with E-state index in [-0.39, 0.29) is 19.8 Å². The maximum absolute atomic E-state index is 11.2. The van der Waals surface area contributed by atoms with E-state index in [1.54, 1.807) is 0 Å².